The quantitative estimate of drug-likeness (QED) is 0.163. The molecule has 4 aromatic carbocycles. The van der Waals surface area contributed by atoms with Crippen LogP contribution in [0.5, 0.6) is 11.5 Å². The van der Waals surface area contributed by atoms with Gasteiger partial charge in [-0.25, -0.2) is 4.79 Å². The van der Waals surface area contributed by atoms with Crippen molar-refractivity contribution in [1.29, 1.82) is 0 Å². The highest BCUT2D eigenvalue weighted by molar-refractivity contribution is 8.01. The average Bonchev–Trinajstić information content (AvgIpc) is 3.42. The predicted octanol–water partition coefficient (Wildman–Crippen LogP) is 3.99. The number of carbonyl (C=O) groups excluding carboxylic acids is 1. The maximum absolute atomic E-state index is 14.0. The summed E-state index contributed by atoms with van der Waals surface area (Å²) in [4.78, 5) is 34.0. The number of aromatic nitrogens is 2. The van der Waals surface area contributed by atoms with Crippen LogP contribution in [0.25, 0.3) is 0 Å². The lowest BCUT2D eigenvalue weighted by Crippen LogP contribution is -2.51. The van der Waals surface area contributed by atoms with Crippen LogP contribution >= 0.6 is 11.8 Å². The molecule has 10 nitrogen and oxygen atoms in total. The molecule has 1 saturated heterocycles. The number of nitrogens with one attached hydrogen (secondary N) is 1. The van der Waals surface area contributed by atoms with Crippen molar-refractivity contribution in [2.75, 3.05) is 19.1 Å². The van der Waals surface area contributed by atoms with Crippen molar-refractivity contribution in [2.24, 2.45) is 0 Å². The van der Waals surface area contributed by atoms with Gasteiger partial charge in [-0.05, 0) is 59.2 Å². The van der Waals surface area contributed by atoms with Crippen molar-refractivity contribution in [1.82, 2.24) is 9.97 Å². The first-order chi connectivity index (χ1) is 23.3. The van der Waals surface area contributed by atoms with Gasteiger partial charge in [-0.15, -0.1) is 11.8 Å². The number of anilines is 1. The molecule has 0 spiro atoms. The van der Waals surface area contributed by atoms with E-state index in [2.05, 4.69) is 9.97 Å². The highest BCUT2D eigenvalue weighted by Gasteiger charge is 2.56. The van der Waals surface area contributed by atoms with Crippen LogP contribution in [0.2, 0.25) is 0 Å². The molecular weight excluding hydrogens is 630 g/mol. The number of amides is 1. The molecular formula is C37H35N3O7S. The summed E-state index contributed by atoms with van der Waals surface area (Å²) < 4.78 is 10.9. The minimum absolute atomic E-state index is 0.00822. The first kappa shape index (κ1) is 33.0. The number of hydrogen-bond acceptors (Lipinski definition) is 9. The van der Waals surface area contributed by atoms with Crippen molar-refractivity contribution < 1.29 is 29.6 Å². The van der Waals surface area contributed by atoms with E-state index in [0.29, 0.717) is 28.2 Å². The Morgan fingerprint density at radius 2 is 1.31 bits per heavy atom. The largest absolute Gasteiger partial charge is 0.497 e. The van der Waals surface area contributed by atoms with Crippen molar-refractivity contribution in [3.63, 3.8) is 0 Å². The summed E-state index contributed by atoms with van der Waals surface area (Å²) in [7, 11) is 3.14. The number of methoxy groups -OCH3 is 2. The number of rotatable bonds is 10. The topological polar surface area (TPSA) is 145 Å². The molecule has 1 aliphatic heterocycles. The molecule has 1 amide bonds. The van der Waals surface area contributed by atoms with Crippen LogP contribution in [0, 0.1) is 0 Å². The number of nitrogens with zero attached hydrogens (tertiary/aromatic N) is 2. The number of H-pyrrole nitrogens is 1. The minimum Gasteiger partial charge on any atom is -0.497 e. The summed E-state index contributed by atoms with van der Waals surface area (Å²) in [5, 5.41) is 34.1. The van der Waals surface area contributed by atoms with Gasteiger partial charge in [-0.3, -0.25) is 9.69 Å². The van der Waals surface area contributed by atoms with E-state index in [-0.39, 0.29) is 5.82 Å². The lowest BCUT2D eigenvalue weighted by atomic mass is 9.64. The number of carbonyl (C=O) groups is 1. The summed E-state index contributed by atoms with van der Waals surface area (Å²) in [6.07, 6.45) is -3.04. The van der Waals surface area contributed by atoms with Gasteiger partial charge in [-0.1, -0.05) is 72.8 Å². The maximum Gasteiger partial charge on any atom is 0.346 e. The zero-order valence-electron chi connectivity index (χ0n) is 26.2. The van der Waals surface area contributed by atoms with Crippen LogP contribution < -0.4 is 20.1 Å². The fraction of sp³-hybridized carbons (Fsp3) is 0.216. The first-order valence-corrected chi connectivity index (χ1v) is 16.2. The van der Waals surface area contributed by atoms with Crippen LogP contribution in [-0.4, -0.2) is 74.4 Å². The van der Waals surface area contributed by atoms with Gasteiger partial charge < -0.3 is 29.8 Å². The molecule has 0 saturated carbocycles. The van der Waals surface area contributed by atoms with Gasteiger partial charge >= 0.3 is 5.69 Å². The summed E-state index contributed by atoms with van der Waals surface area (Å²) in [5.74, 6) is 0.700. The molecule has 5 aromatic rings. The third-order valence-corrected chi connectivity index (χ3v) is 10.4. The third kappa shape index (κ3) is 5.97. The van der Waals surface area contributed by atoms with E-state index in [9.17, 15) is 24.9 Å². The molecule has 246 valence electrons. The zero-order chi connectivity index (χ0) is 33.8. The summed E-state index contributed by atoms with van der Waals surface area (Å²) in [6.45, 7) is 0. The molecule has 4 N–H and O–H groups in total. The number of aliphatic hydroxyl groups is 3. The summed E-state index contributed by atoms with van der Waals surface area (Å²) in [5.41, 5.74) is 0.449. The molecule has 48 heavy (non-hydrogen) atoms. The molecule has 5 atom stereocenters. The van der Waals surface area contributed by atoms with Gasteiger partial charge in [0.05, 0.1) is 37.1 Å². The highest BCUT2D eigenvalue weighted by Crippen LogP contribution is 2.50. The van der Waals surface area contributed by atoms with E-state index >= 15 is 0 Å². The summed E-state index contributed by atoms with van der Waals surface area (Å²) in [6, 6.07) is 34.0. The molecule has 1 fully saturated rings. The first-order valence-electron chi connectivity index (χ1n) is 15.3. The van der Waals surface area contributed by atoms with Crippen molar-refractivity contribution in [2.45, 2.75) is 34.4 Å². The third-order valence-electron chi connectivity index (χ3n) is 8.75. The van der Waals surface area contributed by atoms with Gasteiger partial charge in [0.15, 0.2) is 0 Å². The van der Waals surface area contributed by atoms with Gasteiger partial charge in [0, 0.05) is 11.8 Å². The predicted molar refractivity (Wildman–Crippen MR) is 184 cm³/mol. The Morgan fingerprint density at radius 3 is 1.83 bits per heavy atom. The Morgan fingerprint density at radius 1 is 0.792 bits per heavy atom. The minimum atomic E-state index is -1.52. The summed E-state index contributed by atoms with van der Waals surface area (Å²) >= 11 is 1.05. The number of thioether (sulfide) groups is 1. The molecule has 1 unspecified atom stereocenters. The number of aromatic amines is 1. The van der Waals surface area contributed by atoms with Crippen LogP contribution in [0.1, 0.15) is 27.0 Å². The second-order valence-electron chi connectivity index (χ2n) is 11.3. The number of hydrogen-bond donors (Lipinski definition) is 4. The van der Waals surface area contributed by atoms with Gasteiger partial charge in [0.1, 0.15) is 28.8 Å². The second kappa shape index (κ2) is 14.0. The Kier molecular flexibility index (Phi) is 9.65. The van der Waals surface area contributed by atoms with Crippen LogP contribution in [-0.2, 0) is 5.41 Å². The van der Waals surface area contributed by atoms with E-state index in [4.69, 9.17) is 9.47 Å². The molecule has 6 rings (SSSR count). The fourth-order valence-corrected chi connectivity index (χ4v) is 8.04. The Labute approximate surface area is 281 Å². The lowest BCUT2D eigenvalue weighted by molar-refractivity contribution is -0.00531. The molecule has 1 aromatic heterocycles. The number of ether oxygens (including phenoxy) is 2. The van der Waals surface area contributed by atoms with Gasteiger partial charge in [0.25, 0.3) is 5.91 Å². The Balaban J connectivity index is 1.51. The van der Waals surface area contributed by atoms with E-state index in [1.807, 2.05) is 54.6 Å². The molecule has 11 heteroatoms. The average molecular weight is 666 g/mol. The number of aliphatic hydroxyl groups excluding tert-OH is 3. The smallest absolute Gasteiger partial charge is 0.346 e. The molecule has 0 aliphatic carbocycles. The van der Waals surface area contributed by atoms with Crippen molar-refractivity contribution >= 4 is 23.5 Å². The van der Waals surface area contributed by atoms with Crippen LogP contribution in [0.15, 0.2) is 126 Å². The van der Waals surface area contributed by atoms with E-state index in [1.54, 1.807) is 68.8 Å². The zero-order valence-corrected chi connectivity index (χ0v) is 27.0. The molecule has 0 bridgehead atoms. The van der Waals surface area contributed by atoms with E-state index < -0.39 is 45.9 Å². The molecule has 0 radical (unpaired) electrons. The lowest BCUT2D eigenvalue weighted by Gasteiger charge is -2.43. The molecule has 2 heterocycles. The Bertz CT molecular complexity index is 1840. The monoisotopic (exact) mass is 665 g/mol. The van der Waals surface area contributed by atoms with Crippen LogP contribution in [0.3, 0.4) is 0 Å². The van der Waals surface area contributed by atoms with Crippen LogP contribution in [0.4, 0.5) is 5.82 Å². The SMILES string of the molecule is COc1ccc(C(c2ccccc2)(c2ccc(OC)cc2)C(O)[C@H]2S[C@@H](N(C(=O)c3ccccc3)c3cc[nH]c(=O)n3)[C@H](O)[C@@H]2O)cc1. The van der Waals surface area contributed by atoms with Gasteiger partial charge in [-0.2, -0.15) is 4.98 Å². The standard InChI is InChI=1S/C37H35N3O7S/c1-46-27-17-13-25(14-18-27)37(24-11-7-4-8-12-24,26-15-19-28(47-2)20-16-26)33(43)32-30(41)31(42)35(48-32)40(29-21-22-38-36(45)39-29)34(44)23-9-5-3-6-10-23/h3-22,30-33,35,41-43H,1-2H3,(H,38,39,45)/t30-,31+,32-,33?,35+/m0/s1. The Hall–Kier alpha value is -4.94. The maximum atomic E-state index is 14.0. The van der Waals surface area contributed by atoms with Gasteiger partial charge in [0.2, 0.25) is 0 Å². The number of benzene rings is 4. The van der Waals surface area contributed by atoms with E-state index in [1.165, 1.54) is 17.2 Å². The second-order valence-corrected chi connectivity index (χ2v) is 12.6. The molecule has 1 aliphatic rings. The fourth-order valence-electron chi connectivity index (χ4n) is 6.39. The van der Waals surface area contributed by atoms with Crippen molar-refractivity contribution in [3.8, 4) is 11.5 Å². The highest BCUT2D eigenvalue weighted by atomic mass is 32.2. The normalized spacial score (nSPS) is 19.8. The van der Waals surface area contributed by atoms with Crippen molar-refractivity contribution in [3.05, 3.63) is 154 Å². The van der Waals surface area contributed by atoms with E-state index in [0.717, 1.165) is 17.3 Å².